The SMILES string of the molecule is COCCOCCOCCCCCC(=O)N1CCN(CCCOc2cc3ncc(C#N)c(Nc4cc(OC)c(Cl)cc4Cl)c3cc2OC)CC1. The fourth-order valence-electron chi connectivity index (χ4n) is 5.58. The second-order valence-corrected chi connectivity index (χ2v) is 12.5. The van der Waals surface area contributed by atoms with Crippen LogP contribution in [0.3, 0.4) is 0 Å². The van der Waals surface area contributed by atoms with Crippen LogP contribution in [0, 0.1) is 11.3 Å². The molecule has 1 aromatic heterocycles. The van der Waals surface area contributed by atoms with Crippen molar-refractivity contribution in [1.29, 1.82) is 5.26 Å². The van der Waals surface area contributed by atoms with Crippen LogP contribution in [0.5, 0.6) is 17.2 Å². The summed E-state index contributed by atoms with van der Waals surface area (Å²) in [4.78, 5) is 21.6. The number of benzene rings is 2. The molecular formula is C36H47Cl2N5O7. The first kappa shape index (κ1) is 39.2. The topological polar surface area (TPSA) is 128 Å². The largest absolute Gasteiger partial charge is 0.495 e. The number of nitriles is 1. The second-order valence-electron chi connectivity index (χ2n) is 11.7. The third-order valence-corrected chi connectivity index (χ3v) is 8.97. The zero-order chi connectivity index (χ0) is 35.7. The molecule has 272 valence electrons. The number of anilines is 2. The minimum atomic E-state index is 0.230. The van der Waals surface area contributed by atoms with Crippen LogP contribution in [0.15, 0.2) is 30.5 Å². The van der Waals surface area contributed by atoms with E-state index in [9.17, 15) is 10.1 Å². The first-order chi connectivity index (χ1) is 24.4. The zero-order valence-corrected chi connectivity index (χ0v) is 30.6. The lowest BCUT2D eigenvalue weighted by Crippen LogP contribution is -2.48. The smallest absolute Gasteiger partial charge is 0.222 e. The lowest BCUT2D eigenvalue weighted by atomic mass is 10.1. The van der Waals surface area contributed by atoms with Crippen molar-refractivity contribution >= 4 is 51.4 Å². The number of carbonyl (C=O) groups is 1. The number of hydrogen-bond donors (Lipinski definition) is 1. The van der Waals surface area contributed by atoms with E-state index in [-0.39, 0.29) is 5.91 Å². The molecule has 2 aromatic carbocycles. The van der Waals surface area contributed by atoms with E-state index in [1.165, 1.54) is 13.3 Å². The molecule has 14 heteroatoms. The van der Waals surface area contributed by atoms with Gasteiger partial charge < -0.3 is 38.6 Å². The van der Waals surface area contributed by atoms with Gasteiger partial charge in [-0.3, -0.25) is 14.7 Å². The molecule has 0 saturated carbocycles. The summed E-state index contributed by atoms with van der Waals surface area (Å²) in [6.45, 7) is 7.52. The molecule has 0 bridgehead atoms. The number of piperazine rings is 1. The molecule has 3 aromatic rings. The number of nitrogens with one attached hydrogen (secondary N) is 1. The number of unbranched alkanes of at least 4 members (excludes halogenated alkanes) is 2. The van der Waals surface area contributed by atoms with E-state index in [4.69, 9.17) is 51.6 Å². The molecule has 0 atom stereocenters. The molecule has 0 radical (unpaired) electrons. The molecule has 0 spiro atoms. The number of ether oxygens (including phenoxy) is 6. The molecule has 0 unspecified atom stereocenters. The van der Waals surface area contributed by atoms with Crippen LogP contribution in [0.4, 0.5) is 11.4 Å². The van der Waals surface area contributed by atoms with Gasteiger partial charge in [-0.1, -0.05) is 29.6 Å². The summed E-state index contributed by atoms with van der Waals surface area (Å²) < 4.78 is 33.1. The van der Waals surface area contributed by atoms with Gasteiger partial charge in [0.1, 0.15) is 11.8 Å². The molecule has 1 fully saturated rings. The van der Waals surface area contributed by atoms with Gasteiger partial charge in [0.2, 0.25) is 5.91 Å². The standard InChI is InChI=1S/C36H47Cl2N5O7/c1-45-16-17-49-19-18-48-14-6-4-5-8-35(44)43-12-10-42(11-13-43)9-7-15-50-34-22-30-27(20-33(34)47-3)36(26(24-39)25-40-30)41-31-23-32(46-2)29(38)21-28(31)37/h20-23,25H,4-19H2,1-3H3,(H,40,41). The average Bonchev–Trinajstić information content (AvgIpc) is 3.13. The summed E-state index contributed by atoms with van der Waals surface area (Å²) in [5.74, 6) is 1.75. The highest BCUT2D eigenvalue weighted by Gasteiger charge is 2.21. The van der Waals surface area contributed by atoms with Crippen molar-refractivity contribution in [2.45, 2.75) is 32.1 Å². The maximum atomic E-state index is 12.7. The lowest BCUT2D eigenvalue weighted by molar-refractivity contribution is -0.133. The van der Waals surface area contributed by atoms with Crippen molar-refractivity contribution < 1.29 is 33.2 Å². The Hall–Kier alpha value is -3.57. The molecular weight excluding hydrogens is 685 g/mol. The second kappa shape index (κ2) is 20.9. The highest BCUT2D eigenvalue weighted by Crippen LogP contribution is 2.40. The van der Waals surface area contributed by atoms with E-state index < -0.39 is 0 Å². The van der Waals surface area contributed by atoms with Gasteiger partial charge in [-0.25, -0.2) is 0 Å². The van der Waals surface area contributed by atoms with Crippen molar-refractivity contribution in [2.24, 2.45) is 0 Å². The van der Waals surface area contributed by atoms with Crippen molar-refractivity contribution in [2.75, 3.05) is 99.0 Å². The molecule has 12 nitrogen and oxygen atoms in total. The van der Waals surface area contributed by atoms with Gasteiger partial charge in [0.15, 0.2) is 11.5 Å². The number of rotatable bonds is 21. The minimum absolute atomic E-state index is 0.230. The lowest BCUT2D eigenvalue weighted by Gasteiger charge is -2.34. The Bertz CT molecular complexity index is 1580. The molecule has 1 saturated heterocycles. The van der Waals surface area contributed by atoms with E-state index in [1.54, 1.807) is 32.4 Å². The third-order valence-electron chi connectivity index (χ3n) is 8.36. The van der Waals surface area contributed by atoms with Crippen LogP contribution in [0.2, 0.25) is 10.0 Å². The van der Waals surface area contributed by atoms with Crippen LogP contribution >= 0.6 is 23.2 Å². The van der Waals surface area contributed by atoms with Crippen LogP contribution in [0.25, 0.3) is 10.9 Å². The summed E-state index contributed by atoms with van der Waals surface area (Å²) >= 11 is 12.7. The van der Waals surface area contributed by atoms with Crippen LogP contribution in [-0.4, -0.2) is 114 Å². The number of pyridine rings is 1. The van der Waals surface area contributed by atoms with Gasteiger partial charge in [0.25, 0.3) is 0 Å². The first-order valence-corrected chi connectivity index (χ1v) is 17.6. The normalized spacial score (nSPS) is 13.3. The highest BCUT2D eigenvalue weighted by atomic mass is 35.5. The average molecular weight is 733 g/mol. The molecule has 1 aliphatic heterocycles. The Morgan fingerprint density at radius 3 is 2.30 bits per heavy atom. The fraction of sp³-hybridized carbons (Fsp3) is 0.528. The summed E-state index contributed by atoms with van der Waals surface area (Å²) in [7, 11) is 4.74. The van der Waals surface area contributed by atoms with Crippen LogP contribution in [0.1, 0.15) is 37.7 Å². The summed E-state index contributed by atoms with van der Waals surface area (Å²) in [5.41, 5.74) is 1.99. The zero-order valence-electron chi connectivity index (χ0n) is 29.1. The number of carbonyl (C=O) groups excluding carboxylic acids is 1. The number of aromatic nitrogens is 1. The summed E-state index contributed by atoms with van der Waals surface area (Å²) in [6.07, 6.45) is 5.68. The van der Waals surface area contributed by atoms with Gasteiger partial charge in [-0.2, -0.15) is 5.26 Å². The number of methoxy groups -OCH3 is 3. The van der Waals surface area contributed by atoms with E-state index in [2.05, 4.69) is 21.3 Å². The van der Waals surface area contributed by atoms with Crippen molar-refractivity contribution in [3.05, 3.63) is 46.1 Å². The molecule has 2 heterocycles. The van der Waals surface area contributed by atoms with Gasteiger partial charge in [0.05, 0.1) is 79.8 Å². The number of fused-ring (bicyclic) bond motifs is 1. The van der Waals surface area contributed by atoms with E-state index in [0.29, 0.717) is 101 Å². The molecule has 0 aliphatic carbocycles. The number of amides is 1. The maximum absolute atomic E-state index is 12.7. The Kier molecular flexibility index (Phi) is 16.4. The quantitative estimate of drug-likeness (QED) is 0.124. The van der Waals surface area contributed by atoms with Gasteiger partial charge in [0, 0.05) is 76.6 Å². The van der Waals surface area contributed by atoms with E-state index >= 15 is 0 Å². The molecule has 1 amide bonds. The van der Waals surface area contributed by atoms with Gasteiger partial charge >= 0.3 is 0 Å². The predicted molar refractivity (Wildman–Crippen MR) is 194 cm³/mol. The molecule has 50 heavy (non-hydrogen) atoms. The monoisotopic (exact) mass is 731 g/mol. The van der Waals surface area contributed by atoms with E-state index in [0.717, 1.165) is 58.4 Å². The van der Waals surface area contributed by atoms with Crippen molar-refractivity contribution in [3.8, 4) is 23.3 Å². The summed E-state index contributed by atoms with van der Waals surface area (Å²) in [5, 5.41) is 14.5. The number of nitrogens with zero attached hydrogens (tertiary/aromatic N) is 4. The van der Waals surface area contributed by atoms with Gasteiger partial charge in [-0.15, -0.1) is 0 Å². The van der Waals surface area contributed by atoms with E-state index in [1.807, 2.05) is 11.0 Å². The molecule has 4 rings (SSSR count). The number of halogens is 2. The van der Waals surface area contributed by atoms with Crippen molar-refractivity contribution in [3.63, 3.8) is 0 Å². The predicted octanol–water partition coefficient (Wildman–Crippen LogP) is 6.33. The highest BCUT2D eigenvalue weighted by molar-refractivity contribution is 6.37. The van der Waals surface area contributed by atoms with Crippen LogP contribution in [-0.2, 0) is 19.0 Å². The Morgan fingerprint density at radius 1 is 0.840 bits per heavy atom. The Labute approximate surface area is 304 Å². The molecule has 1 N–H and O–H groups in total. The summed E-state index contributed by atoms with van der Waals surface area (Å²) in [6, 6.07) is 9.06. The Balaban J connectivity index is 1.20. The molecule has 1 aliphatic rings. The Morgan fingerprint density at radius 2 is 1.58 bits per heavy atom. The third kappa shape index (κ3) is 11.5. The maximum Gasteiger partial charge on any atom is 0.222 e. The van der Waals surface area contributed by atoms with Gasteiger partial charge in [-0.05, 0) is 31.4 Å². The van der Waals surface area contributed by atoms with Crippen LogP contribution < -0.4 is 19.5 Å². The number of hydrogen-bond acceptors (Lipinski definition) is 11. The fourth-order valence-corrected chi connectivity index (χ4v) is 6.09. The minimum Gasteiger partial charge on any atom is -0.495 e. The van der Waals surface area contributed by atoms with Crippen molar-refractivity contribution in [1.82, 2.24) is 14.8 Å². The first-order valence-electron chi connectivity index (χ1n) is 16.9.